The second-order valence-electron chi connectivity index (χ2n) is 5.68. The van der Waals surface area contributed by atoms with Crippen molar-refractivity contribution >= 4 is 29.3 Å². The molecule has 0 radical (unpaired) electrons. The Hall–Kier alpha value is -1.53. The van der Waals surface area contributed by atoms with Crippen molar-refractivity contribution in [2.75, 3.05) is 5.75 Å². The smallest absolute Gasteiger partial charge is 0.230 e. The summed E-state index contributed by atoms with van der Waals surface area (Å²) in [4.78, 5) is 12.0. The van der Waals surface area contributed by atoms with Gasteiger partial charge in [0.15, 0.2) is 11.0 Å². The SMILES string of the molecule is Cn1c(SCC(=O)NC2CCCC2)nnc1-c1ccccc1Cl. The summed E-state index contributed by atoms with van der Waals surface area (Å²) >= 11 is 7.60. The maximum absolute atomic E-state index is 12.0. The van der Waals surface area contributed by atoms with Gasteiger partial charge in [0, 0.05) is 18.7 Å². The predicted octanol–water partition coefficient (Wildman–Crippen LogP) is 3.29. The molecule has 3 rings (SSSR count). The van der Waals surface area contributed by atoms with Gasteiger partial charge in [-0.3, -0.25) is 4.79 Å². The molecule has 0 atom stereocenters. The van der Waals surface area contributed by atoms with Gasteiger partial charge in [-0.2, -0.15) is 0 Å². The number of thioether (sulfide) groups is 1. The molecule has 1 aromatic heterocycles. The van der Waals surface area contributed by atoms with Crippen molar-refractivity contribution in [1.29, 1.82) is 0 Å². The number of halogens is 1. The summed E-state index contributed by atoms with van der Waals surface area (Å²) in [6.45, 7) is 0. The number of nitrogens with one attached hydrogen (secondary N) is 1. The van der Waals surface area contributed by atoms with Crippen LogP contribution in [0.1, 0.15) is 25.7 Å². The fourth-order valence-electron chi connectivity index (χ4n) is 2.79. The van der Waals surface area contributed by atoms with Crippen LogP contribution in [0, 0.1) is 0 Å². The van der Waals surface area contributed by atoms with Gasteiger partial charge in [0.1, 0.15) is 0 Å². The first-order chi connectivity index (χ1) is 11.1. The summed E-state index contributed by atoms with van der Waals surface area (Å²) < 4.78 is 1.87. The standard InChI is InChI=1S/C16H19ClN4OS/c1-21-15(12-8-4-5-9-13(12)17)19-20-16(21)23-10-14(22)18-11-6-2-3-7-11/h4-5,8-9,11H,2-3,6-7,10H2,1H3,(H,18,22). The van der Waals surface area contributed by atoms with Crippen molar-refractivity contribution in [2.24, 2.45) is 7.05 Å². The van der Waals surface area contributed by atoms with E-state index >= 15 is 0 Å². The molecule has 1 N–H and O–H groups in total. The zero-order valence-electron chi connectivity index (χ0n) is 13.0. The average Bonchev–Trinajstić information content (AvgIpc) is 3.16. The van der Waals surface area contributed by atoms with Crippen LogP contribution < -0.4 is 5.32 Å². The molecule has 0 unspecified atom stereocenters. The molecular formula is C16H19ClN4OS. The zero-order valence-corrected chi connectivity index (χ0v) is 14.5. The normalized spacial score (nSPS) is 15.0. The van der Waals surface area contributed by atoms with Gasteiger partial charge in [0.05, 0.1) is 10.8 Å². The molecule has 1 fully saturated rings. The second-order valence-corrected chi connectivity index (χ2v) is 7.03. The van der Waals surface area contributed by atoms with Gasteiger partial charge in [-0.1, -0.05) is 48.3 Å². The first kappa shape index (κ1) is 16.3. The molecule has 0 saturated heterocycles. The van der Waals surface area contributed by atoms with Crippen molar-refractivity contribution in [1.82, 2.24) is 20.1 Å². The van der Waals surface area contributed by atoms with E-state index in [1.807, 2.05) is 35.9 Å². The number of hydrogen-bond acceptors (Lipinski definition) is 4. The number of carbonyl (C=O) groups is 1. The van der Waals surface area contributed by atoms with Gasteiger partial charge >= 0.3 is 0 Å². The Morgan fingerprint density at radius 2 is 2.09 bits per heavy atom. The number of aromatic nitrogens is 3. The first-order valence-corrected chi connectivity index (χ1v) is 9.08. The summed E-state index contributed by atoms with van der Waals surface area (Å²) in [7, 11) is 1.88. The van der Waals surface area contributed by atoms with Gasteiger partial charge in [0.2, 0.25) is 5.91 Å². The van der Waals surface area contributed by atoms with Crippen LogP contribution in [0.5, 0.6) is 0 Å². The Kier molecular flexibility index (Phi) is 5.23. The number of carbonyl (C=O) groups excluding carboxylic acids is 1. The molecule has 1 amide bonds. The summed E-state index contributed by atoms with van der Waals surface area (Å²) in [5.41, 5.74) is 0.839. The summed E-state index contributed by atoms with van der Waals surface area (Å²) in [6, 6.07) is 7.88. The number of benzene rings is 1. The van der Waals surface area contributed by atoms with E-state index in [1.165, 1.54) is 24.6 Å². The molecule has 1 heterocycles. The molecule has 1 aliphatic rings. The number of hydrogen-bond donors (Lipinski definition) is 1. The second kappa shape index (κ2) is 7.36. The Balaban J connectivity index is 1.63. The van der Waals surface area contributed by atoms with Crippen molar-refractivity contribution in [3.8, 4) is 11.4 Å². The van der Waals surface area contributed by atoms with Gasteiger partial charge in [-0.05, 0) is 25.0 Å². The van der Waals surface area contributed by atoms with Crippen LogP contribution in [0.3, 0.4) is 0 Å². The first-order valence-electron chi connectivity index (χ1n) is 7.71. The molecule has 1 aromatic carbocycles. The fourth-order valence-corrected chi connectivity index (χ4v) is 3.73. The van der Waals surface area contributed by atoms with E-state index in [1.54, 1.807) is 0 Å². The molecule has 5 nitrogen and oxygen atoms in total. The van der Waals surface area contributed by atoms with E-state index in [2.05, 4.69) is 15.5 Å². The molecule has 7 heteroatoms. The molecular weight excluding hydrogens is 332 g/mol. The Morgan fingerprint density at radius 3 is 2.83 bits per heavy atom. The molecule has 23 heavy (non-hydrogen) atoms. The minimum absolute atomic E-state index is 0.0594. The molecule has 0 bridgehead atoms. The van der Waals surface area contributed by atoms with E-state index in [4.69, 9.17) is 11.6 Å². The summed E-state index contributed by atoms with van der Waals surface area (Å²) in [6.07, 6.45) is 4.61. The summed E-state index contributed by atoms with van der Waals surface area (Å²) in [5, 5.41) is 12.8. The fraction of sp³-hybridized carbons (Fsp3) is 0.438. The lowest BCUT2D eigenvalue weighted by molar-refractivity contribution is -0.119. The van der Waals surface area contributed by atoms with E-state index in [0.29, 0.717) is 27.8 Å². The van der Waals surface area contributed by atoms with Crippen LogP contribution in [-0.2, 0) is 11.8 Å². The van der Waals surface area contributed by atoms with Crippen molar-refractivity contribution in [3.63, 3.8) is 0 Å². The number of rotatable bonds is 5. The van der Waals surface area contributed by atoms with E-state index in [0.717, 1.165) is 18.4 Å². The topological polar surface area (TPSA) is 59.8 Å². The van der Waals surface area contributed by atoms with Crippen molar-refractivity contribution in [3.05, 3.63) is 29.3 Å². The lowest BCUT2D eigenvalue weighted by atomic mass is 10.2. The van der Waals surface area contributed by atoms with Gasteiger partial charge in [-0.25, -0.2) is 0 Å². The third-order valence-electron chi connectivity index (χ3n) is 4.00. The Morgan fingerprint density at radius 1 is 1.35 bits per heavy atom. The van der Waals surface area contributed by atoms with E-state index in [-0.39, 0.29) is 5.91 Å². The van der Waals surface area contributed by atoms with Gasteiger partial charge < -0.3 is 9.88 Å². The quantitative estimate of drug-likeness (QED) is 0.841. The van der Waals surface area contributed by atoms with Crippen molar-refractivity contribution in [2.45, 2.75) is 36.9 Å². The van der Waals surface area contributed by atoms with Crippen molar-refractivity contribution < 1.29 is 4.79 Å². The van der Waals surface area contributed by atoms with Crippen LogP contribution >= 0.6 is 23.4 Å². The average molecular weight is 351 g/mol. The highest BCUT2D eigenvalue weighted by Gasteiger charge is 2.18. The zero-order chi connectivity index (χ0) is 16.2. The third-order valence-corrected chi connectivity index (χ3v) is 5.35. The monoisotopic (exact) mass is 350 g/mol. The minimum Gasteiger partial charge on any atom is -0.353 e. The van der Waals surface area contributed by atoms with Gasteiger partial charge in [-0.15, -0.1) is 10.2 Å². The molecule has 1 aliphatic carbocycles. The van der Waals surface area contributed by atoms with Crippen LogP contribution in [0.2, 0.25) is 5.02 Å². The maximum Gasteiger partial charge on any atom is 0.230 e. The third kappa shape index (κ3) is 3.87. The molecule has 122 valence electrons. The van der Waals surface area contributed by atoms with Crippen LogP contribution in [0.15, 0.2) is 29.4 Å². The van der Waals surface area contributed by atoms with Crippen LogP contribution in [0.4, 0.5) is 0 Å². The highest BCUT2D eigenvalue weighted by Crippen LogP contribution is 2.28. The number of nitrogens with zero attached hydrogens (tertiary/aromatic N) is 3. The molecule has 0 spiro atoms. The molecule has 1 saturated carbocycles. The van der Waals surface area contributed by atoms with Crippen LogP contribution in [0.25, 0.3) is 11.4 Å². The molecule has 2 aromatic rings. The summed E-state index contributed by atoms with van der Waals surface area (Å²) in [5.74, 6) is 1.11. The Labute approximate surface area is 144 Å². The highest BCUT2D eigenvalue weighted by atomic mass is 35.5. The minimum atomic E-state index is 0.0594. The van der Waals surface area contributed by atoms with E-state index < -0.39 is 0 Å². The molecule has 0 aliphatic heterocycles. The Bertz CT molecular complexity index is 697. The van der Waals surface area contributed by atoms with E-state index in [9.17, 15) is 4.79 Å². The van der Waals surface area contributed by atoms with Crippen LogP contribution in [-0.4, -0.2) is 32.5 Å². The lowest BCUT2D eigenvalue weighted by Crippen LogP contribution is -2.33. The van der Waals surface area contributed by atoms with Gasteiger partial charge in [0.25, 0.3) is 0 Å². The maximum atomic E-state index is 12.0. The largest absolute Gasteiger partial charge is 0.353 e. The highest BCUT2D eigenvalue weighted by molar-refractivity contribution is 7.99. The lowest BCUT2D eigenvalue weighted by Gasteiger charge is -2.11. The number of amides is 1. The predicted molar refractivity (Wildman–Crippen MR) is 92.6 cm³/mol.